The quantitative estimate of drug-likeness (QED) is 0.219. The molecule has 0 atom stereocenters. The van der Waals surface area contributed by atoms with Gasteiger partial charge in [0.2, 0.25) is 0 Å². The van der Waals surface area contributed by atoms with E-state index in [2.05, 4.69) is 115 Å². The van der Waals surface area contributed by atoms with E-state index in [0.29, 0.717) is 0 Å². The van der Waals surface area contributed by atoms with Gasteiger partial charge in [0.15, 0.2) is 0 Å². The van der Waals surface area contributed by atoms with Gasteiger partial charge in [-0.3, -0.25) is 0 Å². The van der Waals surface area contributed by atoms with Gasteiger partial charge in [-0.1, -0.05) is 56.4 Å². The normalized spacial score (nSPS) is 8.74. The van der Waals surface area contributed by atoms with Gasteiger partial charge >= 0.3 is 83.8 Å². The van der Waals surface area contributed by atoms with Crippen molar-refractivity contribution in [2.75, 3.05) is 0 Å². The maximum Gasteiger partial charge on any atom is -0.00102 e. The van der Waals surface area contributed by atoms with Gasteiger partial charge in [-0.2, -0.15) is 29.5 Å². The van der Waals surface area contributed by atoms with Crippen molar-refractivity contribution in [3.8, 4) is 0 Å². The first-order valence-corrected chi connectivity index (χ1v) is 11.2. The Labute approximate surface area is 203 Å². The molecule has 0 aliphatic heterocycles. The third-order valence-corrected chi connectivity index (χ3v) is 4.06. The van der Waals surface area contributed by atoms with Crippen molar-refractivity contribution in [1.29, 1.82) is 0 Å². The maximum atomic E-state index is 7.50. The third-order valence-electron chi connectivity index (χ3n) is 3.12. The maximum absolute atomic E-state index is 7.50. The Morgan fingerprint density at radius 3 is 1.19 bits per heavy atom. The van der Waals surface area contributed by atoms with Gasteiger partial charge in [0, 0.05) is 0 Å². The second-order valence-corrected chi connectivity index (χ2v) is 5.67. The van der Waals surface area contributed by atoms with E-state index in [0.717, 1.165) is 0 Å². The zero-order chi connectivity index (χ0) is 25.2. The summed E-state index contributed by atoms with van der Waals surface area (Å²) in [6.07, 6.45) is 7.50. The summed E-state index contributed by atoms with van der Waals surface area (Å²) in [7, 11) is 0. The molecule has 2 aromatic carbocycles. The molecular formula is C23H21FeMnO5S-. The summed E-state index contributed by atoms with van der Waals surface area (Å²) in [6, 6.07) is 20.7. The molecule has 1 aliphatic carbocycles. The van der Waals surface area contributed by atoms with Crippen molar-refractivity contribution < 1.29 is 50.6 Å². The molecule has 0 bridgehead atoms. The average molecular weight is 520 g/mol. The first-order valence-electron chi connectivity index (χ1n) is 8.20. The fourth-order valence-electron chi connectivity index (χ4n) is 2.05. The molecule has 5 nitrogen and oxygen atoms in total. The van der Waals surface area contributed by atoms with E-state index >= 15 is 0 Å². The number of benzene rings is 2. The number of thioether (sulfide) groups is 1. The van der Waals surface area contributed by atoms with Gasteiger partial charge < -0.3 is 0 Å². The van der Waals surface area contributed by atoms with Crippen LogP contribution in [0.3, 0.4) is 0 Å². The third kappa shape index (κ3) is 33.2. The molecule has 0 radical (unpaired) electrons. The summed E-state index contributed by atoms with van der Waals surface area (Å²) in [5.41, 5.74) is 1.25. The van der Waals surface area contributed by atoms with Crippen LogP contribution in [-0.2, 0) is 50.6 Å². The largest absolute Gasteiger partial charge is 0.182 e. The zero-order valence-corrected chi connectivity index (χ0v) is 19.7. The number of hydrogen-bond acceptors (Lipinski definition) is 1. The van der Waals surface area contributed by atoms with Crippen LogP contribution in [0.2, 0.25) is 0 Å². The second-order valence-electron chi connectivity index (χ2n) is 4.73. The van der Waals surface area contributed by atoms with Crippen molar-refractivity contribution in [2.24, 2.45) is 0 Å². The van der Waals surface area contributed by atoms with Crippen LogP contribution in [0.5, 0.6) is 0 Å². The molecule has 0 unspecified atom stereocenters. The first-order chi connectivity index (χ1) is 15.4. The van der Waals surface area contributed by atoms with Crippen LogP contribution < -0.4 is 0 Å². The Hall–Kier alpha value is -1.60. The van der Waals surface area contributed by atoms with Crippen LogP contribution in [0.4, 0.5) is 0 Å². The van der Waals surface area contributed by atoms with Gasteiger partial charge in [-0.05, 0) is 17.0 Å². The molecule has 0 saturated heterocycles. The van der Waals surface area contributed by atoms with E-state index in [9.17, 15) is 0 Å². The Bertz CT molecular complexity index is 587. The molecule has 0 N–H and O–H groups in total. The van der Waals surface area contributed by atoms with E-state index in [1.165, 1.54) is 42.6 Å². The fraction of sp³-hybridized carbons (Fsp3) is 0.217. The number of rotatable bonds is 3. The zero-order valence-electron chi connectivity index (χ0n) is 16.6. The Morgan fingerprint density at radius 1 is 0.581 bits per heavy atom. The SMILES string of the molecule is C1CCCC1.[C-]#[O+].[C-]#[O+].[C-]#[O+].[C-]#[O+].[C-]#[O+].[Mn]=[Fe].c1ccc([CH-]Sc2ccccc2)cc1. The number of hydrogen-bond donors (Lipinski definition) is 0. The summed E-state index contributed by atoms with van der Waals surface area (Å²) >= 11 is 7.50. The van der Waals surface area contributed by atoms with Crippen LogP contribution in [-0.4, -0.2) is 0 Å². The van der Waals surface area contributed by atoms with Crippen molar-refractivity contribution >= 4 is 11.8 Å². The molecule has 2 aromatic rings. The Kier molecular flexibility index (Phi) is 59.8. The topological polar surface area (TPSA) is 99.5 Å². The van der Waals surface area contributed by atoms with E-state index in [-0.39, 0.29) is 0 Å². The molecule has 0 aromatic heterocycles. The molecule has 8 heteroatoms. The smallest absolute Gasteiger partial charge is 0.00102 e. The van der Waals surface area contributed by atoms with Gasteiger partial charge in [0.05, 0.1) is 0 Å². The molecule has 3 rings (SSSR count). The molecule has 1 aliphatic rings. The predicted octanol–water partition coefficient (Wildman–Crippen LogP) is 5.75. The second kappa shape index (κ2) is 46.6. The summed E-state index contributed by atoms with van der Waals surface area (Å²) < 4.78 is 37.5. The van der Waals surface area contributed by atoms with Crippen molar-refractivity contribution in [3.63, 3.8) is 0 Å². The first kappa shape index (κ1) is 39.8. The van der Waals surface area contributed by atoms with Crippen molar-refractivity contribution in [1.82, 2.24) is 0 Å². The molecule has 1 saturated carbocycles. The van der Waals surface area contributed by atoms with Crippen LogP contribution in [0.1, 0.15) is 37.7 Å². The predicted molar refractivity (Wildman–Crippen MR) is 105 cm³/mol. The van der Waals surface area contributed by atoms with E-state index in [1.807, 2.05) is 12.1 Å². The van der Waals surface area contributed by atoms with Crippen LogP contribution in [0.15, 0.2) is 65.6 Å². The molecule has 0 heterocycles. The van der Waals surface area contributed by atoms with E-state index in [1.54, 1.807) is 11.8 Å². The van der Waals surface area contributed by atoms with Gasteiger partial charge in [-0.15, -0.1) is 17.9 Å². The van der Waals surface area contributed by atoms with Crippen molar-refractivity contribution in [2.45, 2.75) is 37.0 Å². The minimum atomic E-state index is 1.25. The summed E-state index contributed by atoms with van der Waals surface area (Å²) in [6.45, 7) is 22.5. The summed E-state index contributed by atoms with van der Waals surface area (Å²) in [5.74, 6) is 2.16. The van der Waals surface area contributed by atoms with Crippen LogP contribution in [0, 0.1) is 39.0 Å². The molecule has 165 valence electrons. The monoisotopic (exact) mass is 520 g/mol. The average Bonchev–Trinajstić information content (AvgIpc) is 3.52. The molecular weight excluding hydrogens is 499 g/mol. The van der Waals surface area contributed by atoms with Gasteiger partial charge in [-0.25, -0.2) is 0 Å². The van der Waals surface area contributed by atoms with E-state index in [4.69, 9.17) is 23.3 Å². The summed E-state index contributed by atoms with van der Waals surface area (Å²) in [4.78, 5) is 1.27. The standard InChI is InChI=1S/C13H11S.C5H10.5CO.Fe.Mn/c1-3-7-12(8-4-1)11-14-13-9-5-2-6-10-13;1-2-4-5-3-1;5*1-2;;/h1-11H;1-5H2;;;;;;;/q-1;;;;;;;;. The van der Waals surface area contributed by atoms with Crippen molar-refractivity contribution in [3.05, 3.63) is 105 Å². The molecule has 1 fully saturated rings. The molecule has 0 spiro atoms. The Morgan fingerprint density at radius 2 is 0.871 bits per heavy atom. The van der Waals surface area contributed by atoms with Crippen LogP contribution in [0.25, 0.3) is 0 Å². The minimum Gasteiger partial charge on any atom is -0.182 e. The fourth-order valence-corrected chi connectivity index (χ4v) is 2.79. The van der Waals surface area contributed by atoms with E-state index < -0.39 is 0 Å². The minimum absolute atomic E-state index is 1.25. The van der Waals surface area contributed by atoms with Gasteiger partial charge in [0.1, 0.15) is 0 Å². The summed E-state index contributed by atoms with van der Waals surface area (Å²) in [5, 5.41) is 0. The molecule has 31 heavy (non-hydrogen) atoms. The van der Waals surface area contributed by atoms with Crippen LogP contribution >= 0.6 is 11.8 Å². The van der Waals surface area contributed by atoms with Gasteiger partial charge in [0.25, 0.3) is 0 Å². The molecule has 0 amide bonds. The Balaban J connectivity index is -0.000000111.